The molecule has 0 N–H and O–H groups in total. The fraction of sp³-hybridized carbons (Fsp3) is 0.750. The highest BCUT2D eigenvalue weighted by atomic mass is 32.2. The summed E-state index contributed by atoms with van der Waals surface area (Å²) < 4.78 is 36.2. The van der Waals surface area contributed by atoms with Gasteiger partial charge < -0.3 is 4.74 Å². The number of hydrogen-bond acceptors (Lipinski definition) is 6. The Morgan fingerprint density at radius 2 is 1.84 bits per heavy atom. The molecule has 0 aromatic carbocycles. The number of ketones is 1. The molecule has 6 nitrogen and oxygen atoms in total. The number of allylic oxidation sites excluding steroid dienone is 4. The Kier molecular flexibility index (Phi) is 4.84. The number of rotatable bonds is 4. The second-order valence-corrected chi connectivity index (χ2v) is 12.5. The van der Waals surface area contributed by atoms with E-state index in [-0.39, 0.29) is 40.5 Å². The first kappa shape index (κ1) is 21.4. The lowest BCUT2D eigenvalue weighted by molar-refractivity contribution is -0.164. The second-order valence-electron chi connectivity index (χ2n) is 10.9. The van der Waals surface area contributed by atoms with Gasteiger partial charge in [0.15, 0.2) is 5.78 Å². The average Bonchev–Trinajstić information content (AvgIpc) is 3.39. The van der Waals surface area contributed by atoms with E-state index in [1.54, 1.807) is 6.08 Å². The summed E-state index contributed by atoms with van der Waals surface area (Å²) in [5, 5.41) is 0. The van der Waals surface area contributed by atoms with Gasteiger partial charge in [0.1, 0.15) is 6.10 Å². The quantitative estimate of drug-likeness (QED) is 0.483. The van der Waals surface area contributed by atoms with Gasteiger partial charge in [-0.3, -0.25) is 13.8 Å². The van der Waals surface area contributed by atoms with E-state index < -0.39 is 16.2 Å². The standard InChI is InChI=1S/C24H32O6S/c1-23-11-10-16(25)12-15(23)6-7-17-21(14-4-5-14)24(2,19-8-9-20(26)29-19)13-18(22(17)23)30-31(3,27)28/h6-7,12,14,17-19,21-22H,4-5,8-11,13H2,1-3H3/t17?,18-,19-,21?,22?,23+,24-/m1/s1. The van der Waals surface area contributed by atoms with Crippen molar-refractivity contribution in [1.29, 1.82) is 0 Å². The monoisotopic (exact) mass is 448 g/mol. The van der Waals surface area contributed by atoms with Crippen LogP contribution >= 0.6 is 0 Å². The summed E-state index contributed by atoms with van der Waals surface area (Å²) in [4.78, 5) is 24.1. The van der Waals surface area contributed by atoms with Crippen molar-refractivity contribution in [2.24, 2.45) is 34.5 Å². The van der Waals surface area contributed by atoms with Crippen LogP contribution in [0.2, 0.25) is 0 Å². The lowest BCUT2D eigenvalue weighted by Gasteiger charge is -2.60. The third-order valence-corrected chi connectivity index (χ3v) is 9.38. The highest BCUT2D eigenvalue weighted by molar-refractivity contribution is 7.86. The molecule has 5 rings (SSSR count). The minimum atomic E-state index is -3.67. The van der Waals surface area contributed by atoms with Crippen molar-refractivity contribution in [3.63, 3.8) is 0 Å². The van der Waals surface area contributed by atoms with Gasteiger partial charge in [-0.05, 0) is 66.9 Å². The van der Waals surface area contributed by atoms with Crippen molar-refractivity contribution < 1.29 is 26.9 Å². The Morgan fingerprint density at radius 3 is 2.45 bits per heavy atom. The topological polar surface area (TPSA) is 86.7 Å². The fourth-order valence-corrected chi connectivity index (χ4v) is 8.03. The molecule has 2 saturated carbocycles. The lowest BCUT2D eigenvalue weighted by atomic mass is 9.46. The Bertz CT molecular complexity index is 976. The maximum absolute atomic E-state index is 12.3. The SMILES string of the molecule is C[C@]12CCC(=O)C=C1C=CC1C2[C@H](OS(C)(=O)=O)C[C@](C)([C@H]2CCC(=O)O2)C1C1CC1. The Labute approximate surface area is 184 Å². The molecule has 0 amide bonds. The molecule has 1 saturated heterocycles. The molecule has 3 unspecified atom stereocenters. The summed E-state index contributed by atoms with van der Waals surface area (Å²) in [5.74, 6) is 0.939. The largest absolute Gasteiger partial charge is 0.462 e. The van der Waals surface area contributed by atoms with E-state index in [9.17, 15) is 18.0 Å². The molecule has 5 aliphatic rings. The first-order valence-electron chi connectivity index (χ1n) is 11.5. The van der Waals surface area contributed by atoms with Gasteiger partial charge in [0.05, 0.1) is 12.4 Å². The van der Waals surface area contributed by atoms with Crippen LogP contribution in [0.1, 0.15) is 58.8 Å². The Balaban J connectivity index is 1.63. The van der Waals surface area contributed by atoms with Gasteiger partial charge in [-0.15, -0.1) is 0 Å². The van der Waals surface area contributed by atoms with Crippen molar-refractivity contribution in [3.8, 4) is 0 Å². The molecule has 0 spiro atoms. The van der Waals surface area contributed by atoms with Crippen molar-refractivity contribution in [2.45, 2.75) is 71.0 Å². The molecule has 0 radical (unpaired) electrons. The molecule has 3 fully saturated rings. The van der Waals surface area contributed by atoms with Gasteiger partial charge in [0.2, 0.25) is 0 Å². The van der Waals surface area contributed by atoms with Crippen LogP contribution < -0.4 is 0 Å². The fourth-order valence-electron chi connectivity index (χ4n) is 7.39. The average molecular weight is 449 g/mol. The zero-order chi connectivity index (χ0) is 22.2. The van der Waals surface area contributed by atoms with Gasteiger partial charge >= 0.3 is 5.97 Å². The zero-order valence-corrected chi connectivity index (χ0v) is 19.3. The summed E-state index contributed by atoms with van der Waals surface area (Å²) in [5.41, 5.74) is 0.359. The van der Waals surface area contributed by atoms with Crippen LogP contribution in [0, 0.1) is 34.5 Å². The number of esters is 1. The van der Waals surface area contributed by atoms with Crippen LogP contribution in [0.25, 0.3) is 0 Å². The summed E-state index contributed by atoms with van der Waals surface area (Å²) in [6, 6.07) is 0. The predicted molar refractivity (Wildman–Crippen MR) is 114 cm³/mol. The molecule has 7 heteroatoms. The maximum Gasteiger partial charge on any atom is 0.306 e. The van der Waals surface area contributed by atoms with Crippen LogP contribution in [0.5, 0.6) is 0 Å². The second kappa shape index (κ2) is 7.01. The molecule has 1 aliphatic heterocycles. The van der Waals surface area contributed by atoms with E-state index in [0.29, 0.717) is 43.9 Å². The predicted octanol–water partition coefficient (Wildman–Crippen LogP) is 3.57. The molecular formula is C24H32O6S. The molecule has 0 aromatic heterocycles. The molecule has 0 aromatic rings. The van der Waals surface area contributed by atoms with Crippen molar-refractivity contribution in [2.75, 3.05) is 6.26 Å². The van der Waals surface area contributed by atoms with Gasteiger partial charge in [-0.25, -0.2) is 0 Å². The molecule has 1 heterocycles. The maximum atomic E-state index is 12.3. The first-order chi connectivity index (χ1) is 14.5. The number of hydrogen-bond donors (Lipinski definition) is 0. The van der Waals surface area contributed by atoms with Gasteiger partial charge in [0.25, 0.3) is 10.1 Å². The summed E-state index contributed by atoms with van der Waals surface area (Å²) in [7, 11) is -3.67. The summed E-state index contributed by atoms with van der Waals surface area (Å²) >= 11 is 0. The van der Waals surface area contributed by atoms with Crippen LogP contribution in [0.15, 0.2) is 23.8 Å². The molecule has 170 valence electrons. The van der Waals surface area contributed by atoms with Crippen LogP contribution in [0.3, 0.4) is 0 Å². The highest BCUT2D eigenvalue weighted by Crippen LogP contribution is 2.66. The first-order valence-corrected chi connectivity index (χ1v) is 13.3. The van der Waals surface area contributed by atoms with Gasteiger partial charge in [-0.1, -0.05) is 26.0 Å². The van der Waals surface area contributed by atoms with E-state index in [2.05, 4.69) is 26.0 Å². The number of carbonyl (C=O) groups is 2. The Hall–Kier alpha value is -1.47. The smallest absolute Gasteiger partial charge is 0.306 e. The molecule has 0 bridgehead atoms. The van der Waals surface area contributed by atoms with E-state index in [4.69, 9.17) is 8.92 Å². The summed E-state index contributed by atoms with van der Waals surface area (Å²) in [6.07, 6.45) is 11.6. The lowest BCUT2D eigenvalue weighted by Crippen LogP contribution is -2.59. The third-order valence-electron chi connectivity index (χ3n) is 8.78. The normalized spacial score (nSPS) is 45.0. The number of fused-ring (bicyclic) bond motifs is 3. The number of cyclic esters (lactones) is 1. The van der Waals surface area contributed by atoms with E-state index in [0.717, 1.165) is 24.7 Å². The third kappa shape index (κ3) is 3.52. The minimum Gasteiger partial charge on any atom is -0.462 e. The molecule has 7 atom stereocenters. The van der Waals surface area contributed by atoms with Crippen molar-refractivity contribution in [1.82, 2.24) is 0 Å². The van der Waals surface area contributed by atoms with Crippen LogP contribution in [0.4, 0.5) is 0 Å². The van der Waals surface area contributed by atoms with E-state index in [1.807, 2.05) is 0 Å². The minimum absolute atomic E-state index is 0.0256. The molecular weight excluding hydrogens is 416 g/mol. The van der Waals surface area contributed by atoms with Crippen LogP contribution in [-0.4, -0.2) is 38.6 Å². The molecule has 31 heavy (non-hydrogen) atoms. The van der Waals surface area contributed by atoms with Crippen LogP contribution in [-0.2, 0) is 28.6 Å². The molecule has 4 aliphatic carbocycles. The summed E-state index contributed by atoms with van der Waals surface area (Å²) in [6.45, 7) is 4.35. The van der Waals surface area contributed by atoms with E-state index >= 15 is 0 Å². The Morgan fingerprint density at radius 1 is 1.10 bits per heavy atom. The van der Waals surface area contributed by atoms with Gasteiger partial charge in [-0.2, -0.15) is 8.42 Å². The highest BCUT2D eigenvalue weighted by Gasteiger charge is 2.64. The van der Waals surface area contributed by atoms with Crippen molar-refractivity contribution >= 4 is 21.9 Å². The number of carbonyl (C=O) groups excluding carboxylic acids is 2. The number of ether oxygens (including phenoxy) is 1. The van der Waals surface area contributed by atoms with Gasteiger partial charge in [0, 0.05) is 24.2 Å². The zero-order valence-electron chi connectivity index (χ0n) is 18.5. The van der Waals surface area contributed by atoms with E-state index in [1.165, 1.54) is 0 Å². The van der Waals surface area contributed by atoms with Crippen molar-refractivity contribution in [3.05, 3.63) is 23.8 Å².